The summed E-state index contributed by atoms with van der Waals surface area (Å²) < 4.78 is 4.74. The first kappa shape index (κ1) is 9.90. The summed E-state index contributed by atoms with van der Waals surface area (Å²) in [5, 5.41) is 0. The highest BCUT2D eigenvalue weighted by atomic mass is 16.6. The number of hydrogen-bond donors (Lipinski definition) is 0. The van der Waals surface area contributed by atoms with Gasteiger partial charge < -0.3 is 4.74 Å². The number of esters is 2. The molecule has 0 N–H and O–H groups in total. The second-order valence-electron chi connectivity index (χ2n) is 3.91. The van der Waals surface area contributed by atoms with Crippen LogP contribution >= 0.6 is 0 Å². The van der Waals surface area contributed by atoms with Crippen LogP contribution in [-0.4, -0.2) is 11.9 Å². The first-order chi connectivity index (χ1) is 7.09. The van der Waals surface area contributed by atoms with E-state index >= 15 is 0 Å². The van der Waals surface area contributed by atoms with Gasteiger partial charge in [0.15, 0.2) is 0 Å². The Hall–Kier alpha value is -1.64. The molecule has 0 aromatic heterocycles. The Morgan fingerprint density at radius 3 is 2.60 bits per heavy atom. The second-order valence-corrected chi connectivity index (χ2v) is 3.91. The second kappa shape index (κ2) is 3.19. The summed E-state index contributed by atoms with van der Waals surface area (Å²) in [6, 6.07) is 7.11. The third-order valence-corrected chi connectivity index (χ3v) is 3.08. The highest BCUT2D eigenvalue weighted by Gasteiger charge is 2.43. The Bertz CT molecular complexity index is 436. The van der Waals surface area contributed by atoms with Crippen LogP contribution in [0.2, 0.25) is 0 Å². The Balaban J connectivity index is 2.67. The van der Waals surface area contributed by atoms with Gasteiger partial charge in [-0.05, 0) is 25.0 Å². The van der Waals surface area contributed by atoms with E-state index < -0.39 is 17.4 Å². The van der Waals surface area contributed by atoms with E-state index in [-0.39, 0.29) is 0 Å². The number of hydrogen-bond acceptors (Lipinski definition) is 3. The lowest BCUT2D eigenvalue weighted by Crippen LogP contribution is -2.41. The fourth-order valence-electron chi connectivity index (χ4n) is 1.84. The third-order valence-electron chi connectivity index (χ3n) is 3.08. The highest BCUT2D eigenvalue weighted by Crippen LogP contribution is 2.35. The fraction of sp³-hybridized carbons (Fsp3) is 0.333. The van der Waals surface area contributed by atoms with Crippen molar-refractivity contribution >= 4 is 11.9 Å². The van der Waals surface area contributed by atoms with Crippen molar-refractivity contribution in [1.29, 1.82) is 0 Å². The van der Waals surface area contributed by atoms with Gasteiger partial charge in [0.2, 0.25) is 0 Å². The molecule has 0 fully saturated rings. The van der Waals surface area contributed by atoms with E-state index in [2.05, 4.69) is 0 Å². The topological polar surface area (TPSA) is 43.4 Å². The number of cyclic esters (lactones) is 2. The van der Waals surface area contributed by atoms with Crippen molar-refractivity contribution < 1.29 is 14.3 Å². The number of carbonyl (C=O) groups is 2. The number of ether oxygens (including phenoxy) is 1. The van der Waals surface area contributed by atoms with Gasteiger partial charge >= 0.3 is 11.9 Å². The minimum absolute atomic E-state index is 0.450. The van der Waals surface area contributed by atoms with E-state index in [0.29, 0.717) is 12.0 Å². The molecule has 0 saturated heterocycles. The Morgan fingerprint density at radius 1 is 1.27 bits per heavy atom. The molecule has 0 radical (unpaired) electrons. The van der Waals surface area contributed by atoms with E-state index in [1.807, 2.05) is 19.1 Å². The zero-order chi connectivity index (χ0) is 11.1. The van der Waals surface area contributed by atoms with Crippen molar-refractivity contribution in [1.82, 2.24) is 0 Å². The Kier molecular flexibility index (Phi) is 2.11. The summed E-state index contributed by atoms with van der Waals surface area (Å²) in [5.74, 6) is -0.991. The third kappa shape index (κ3) is 1.27. The molecule has 1 atom stereocenters. The van der Waals surface area contributed by atoms with E-state index in [1.165, 1.54) is 0 Å². The number of fused-ring (bicyclic) bond motifs is 1. The van der Waals surface area contributed by atoms with Crippen LogP contribution in [0.25, 0.3) is 0 Å². The molecule has 0 aliphatic carbocycles. The van der Waals surface area contributed by atoms with Crippen molar-refractivity contribution in [2.24, 2.45) is 0 Å². The average Bonchev–Trinajstić information content (AvgIpc) is 2.26. The SMILES string of the molecule is CCC1(C)C(=O)OC(=O)c2ccccc21. The molecule has 0 bridgehead atoms. The van der Waals surface area contributed by atoms with E-state index in [0.717, 1.165) is 5.56 Å². The van der Waals surface area contributed by atoms with Gasteiger partial charge in [-0.1, -0.05) is 25.1 Å². The molecule has 1 aliphatic heterocycles. The van der Waals surface area contributed by atoms with Crippen molar-refractivity contribution in [3.8, 4) is 0 Å². The molecule has 15 heavy (non-hydrogen) atoms. The first-order valence-electron chi connectivity index (χ1n) is 4.95. The summed E-state index contributed by atoms with van der Waals surface area (Å²) in [6.07, 6.45) is 0.621. The quantitative estimate of drug-likeness (QED) is 0.519. The minimum atomic E-state index is -0.690. The van der Waals surface area contributed by atoms with Gasteiger partial charge in [0.25, 0.3) is 0 Å². The normalized spacial score (nSPS) is 24.7. The van der Waals surface area contributed by atoms with Crippen LogP contribution in [0.5, 0.6) is 0 Å². The molecule has 3 heteroatoms. The van der Waals surface area contributed by atoms with Crippen molar-refractivity contribution in [3.05, 3.63) is 35.4 Å². The number of benzene rings is 1. The lowest BCUT2D eigenvalue weighted by atomic mass is 9.76. The van der Waals surface area contributed by atoms with Crippen LogP contribution in [-0.2, 0) is 14.9 Å². The smallest absolute Gasteiger partial charge is 0.346 e. The molecule has 1 unspecified atom stereocenters. The summed E-state index contributed by atoms with van der Waals surface area (Å²) in [6.45, 7) is 3.72. The first-order valence-corrected chi connectivity index (χ1v) is 4.95. The molecule has 0 amide bonds. The van der Waals surface area contributed by atoms with Crippen molar-refractivity contribution in [3.63, 3.8) is 0 Å². The number of carbonyl (C=O) groups excluding carboxylic acids is 2. The molecule has 2 rings (SSSR count). The van der Waals surface area contributed by atoms with Crippen LogP contribution in [0.3, 0.4) is 0 Å². The van der Waals surface area contributed by atoms with Crippen LogP contribution < -0.4 is 0 Å². The summed E-state index contributed by atoms with van der Waals surface area (Å²) >= 11 is 0. The maximum Gasteiger partial charge on any atom is 0.346 e. The lowest BCUT2D eigenvalue weighted by Gasteiger charge is -2.31. The zero-order valence-corrected chi connectivity index (χ0v) is 8.74. The van der Waals surface area contributed by atoms with Crippen LogP contribution in [0, 0.1) is 0 Å². The van der Waals surface area contributed by atoms with Gasteiger partial charge in [0.1, 0.15) is 0 Å². The van der Waals surface area contributed by atoms with Crippen LogP contribution in [0.15, 0.2) is 24.3 Å². The van der Waals surface area contributed by atoms with Crippen molar-refractivity contribution in [2.75, 3.05) is 0 Å². The number of rotatable bonds is 1. The molecule has 78 valence electrons. The van der Waals surface area contributed by atoms with Crippen LogP contribution in [0.4, 0.5) is 0 Å². The molecular weight excluding hydrogens is 192 g/mol. The van der Waals surface area contributed by atoms with Gasteiger partial charge in [-0.2, -0.15) is 0 Å². The zero-order valence-electron chi connectivity index (χ0n) is 8.74. The maximum atomic E-state index is 11.7. The van der Waals surface area contributed by atoms with Crippen molar-refractivity contribution in [2.45, 2.75) is 25.7 Å². The van der Waals surface area contributed by atoms with Gasteiger partial charge in [-0.15, -0.1) is 0 Å². The lowest BCUT2D eigenvalue weighted by molar-refractivity contribution is -0.145. The fourth-order valence-corrected chi connectivity index (χ4v) is 1.84. The summed E-state index contributed by atoms with van der Waals surface area (Å²) in [5.41, 5.74) is 0.583. The highest BCUT2D eigenvalue weighted by molar-refractivity contribution is 6.05. The van der Waals surface area contributed by atoms with E-state index in [9.17, 15) is 9.59 Å². The standard InChI is InChI=1S/C12H12O3/c1-3-12(2)9-7-5-4-6-8(9)10(13)15-11(12)14/h4-7H,3H2,1-2H3. The molecular formula is C12H12O3. The Morgan fingerprint density at radius 2 is 1.93 bits per heavy atom. The minimum Gasteiger partial charge on any atom is -0.389 e. The predicted octanol–water partition coefficient (Wildman–Crippen LogP) is 2.05. The Labute approximate surface area is 88.1 Å². The molecule has 1 heterocycles. The average molecular weight is 204 g/mol. The molecule has 1 aromatic carbocycles. The van der Waals surface area contributed by atoms with E-state index in [4.69, 9.17) is 4.74 Å². The van der Waals surface area contributed by atoms with Gasteiger partial charge in [-0.25, -0.2) is 4.79 Å². The molecule has 3 nitrogen and oxygen atoms in total. The van der Waals surface area contributed by atoms with Gasteiger partial charge in [0, 0.05) is 0 Å². The molecule has 0 spiro atoms. The maximum absolute atomic E-state index is 11.7. The van der Waals surface area contributed by atoms with E-state index in [1.54, 1.807) is 19.1 Å². The predicted molar refractivity (Wildman–Crippen MR) is 54.5 cm³/mol. The summed E-state index contributed by atoms with van der Waals surface area (Å²) in [7, 11) is 0. The molecule has 1 aromatic rings. The largest absolute Gasteiger partial charge is 0.389 e. The van der Waals surface area contributed by atoms with Gasteiger partial charge in [-0.3, -0.25) is 4.79 Å². The molecule has 1 aliphatic rings. The van der Waals surface area contributed by atoms with Gasteiger partial charge in [0.05, 0.1) is 11.0 Å². The molecule has 0 saturated carbocycles. The monoisotopic (exact) mass is 204 g/mol. The summed E-state index contributed by atoms with van der Waals surface area (Å²) in [4.78, 5) is 23.1. The van der Waals surface area contributed by atoms with Crippen LogP contribution in [0.1, 0.15) is 36.2 Å².